The van der Waals surface area contributed by atoms with Crippen molar-refractivity contribution >= 4 is 17.6 Å². The van der Waals surface area contributed by atoms with Gasteiger partial charge in [-0.1, -0.05) is 6.07 Å². The number of anilines is 1. The molecule has 1 unspecified atom stereocenters. The predicted octanol–water partition coefficient (Wildman–Crippen LogP) is 1.79. The van der Waals surface area contributed by atoms with Crippen LogP contribution in [0.3, 0.4) is 0 Å². The molecule has 2 heterocycles. The normalized spacial score (nSPS) is 21.2. The molecule has 1 aromatic rings. The molecule has 0 aromatic carbocycles. The van der Waals surface area contributed by atoms with Crippen molar-refractivity contribution in [3.8, 4) is 0 Å². The van der Waals surface area contributed by atoms with Gasteiger partial charge in [0.2, 0.25) is 0 Å². The van der Waals surface area contributed by atoms with Crippen LogP contribution in [0.4, 0.5) is 5.82 Å². The van der Waals surface area contributed by atoms with E-state index in [0.29, 0.717) is 12.6 Å². The minimum atomic E-state index is 0.574. The number of aryl methyl sites for hydroxylation is 1. The quantitative estimate of drug-likeness (QED) is 0.851. The molecule has 2 rings (SSSR count). The van der Waals surface area contributed by atoms with Crippen molar-refractivity contribution in [2.45, 2.75) is 26.4 Å². The van der Waals surface area contributed by atoms with Gasteiger partial charge in [0.25, 0.3) is 0 Å². The zero-order chi connectivity index (χ0) is 11.5. The van der Waals surface area contributed by atoms with Gasteiger partial charge in [-0.2, -0.15) is 11.8 Å². The predicted molar refractivity (Wildman–Crippen MR) is 71.0 cm³/mol. The molecule has 16 heavy (non-hydrogen) atoms. The van der Waals surface area contributed by atoms with Crippen LogP contribution in [0.2, 0.25) is 0 Å². The van der Waals surface area contributed by atoms with Crippen LogP contribution in [0.25, 0.3) is 0 Å². The van der Waals surface area contributed by atoms with Gasteiger partial charge in [0, 0.05) is 36.3 Å². The van der Waals surface area contributed by atoms with E-state index in [0.717, 1.165) is 23.6 Å². The van der Waals surface area contributed by atoms with Crippen molar-refractivity contribution in [3.63, 3.8) is 0 Å². The molecule has 88 valence electrons. The zero-order valence-electron chi connectivity index (χ0n) is 9.94. The maximum Gasteiger partial charge on any atom is 0.129 e. The number of hydrogen-bond acceptors (Lipinski definition) is 4. The summed E-state index contributed by atoms with van der Waals surface area (Å²) in [4.78, 5) is 7.05. The molecule has 0 saturated carbocycles. The standard InChI is InChI=1S/C12H19N3S/c1-9-8-16-6-5-15(9)12-4-3-11(7-13)10(2)14-12/h3-4,9H,5-8,13H2,1-2H3. The average molecular weight is 237 g/mol. The third kappa shape index (κ3) is 2.33. The second kappa shape index (κ2) is 5.06. The van der Waals surface area contributed by atoms with Crippen LogP contribution in [0.5, 0.6) is 0 Å². The summed E-state index contributed by atoms with van der Waals surface area (Å²) in [7, 11) is 0. The van der Waals surface area contributed by atoms with E-state index in [9.17, 15) is 0 Å². The Hall–Kier alpha value is -0.740. The molecule has 4 heteroatoms. The van der Waals surface area contributed by atoms with Gasteiger partial charge in [0.15, 0.2) is 0 Å². The maximum absolute atomic E-state index is 5.65. The van der Waals surface area contributed by atoms with E-state index in [2.05, 4.69) is 28.9 Å². The van der Waals surface area contributed by atoms with Crippen LogP contribution in [0.1, 0.15) is 18.2 Å². The van der Waals surface area contributed by atoms with Crippen LogP contribution in [-0.4, -0.2) is 29.1 Å². The number of pyridine rings is 1. The molecule has 0 aliphatic carbocycles. The second-order valence-corrected chi connectivity index (χ2v) is 5.39. The first kappa shape index (κ1) is 11.7. The lowest BCUT2D eigenvalue weighted by Crippen LogP contribution is -2.41. The van der Waals surface area contributed by atoms with Gasteiger partial charge in [0.1, 0.15) is 5.82 Å². The van der Waals surface area contributed by atoms with Gasteiger partial charge >= 0.3 is 0 Å². The highest BCUT2D eigenvalue weighted by molar-refractivity contribution is 7.99. The van der Waals surface area contributed by atoms with E-state index in [1.165, 1.54) is 11.5 Å². The highest BCUT2D eigenvalue weighted by Gasteiger charge is 2.20. The third-order valence-electron chi connectivity index (χ3n) is 3.06. The van der Waals surface area contributed by atoms with Crippen molar-refractivity contribution in [1.82, 2.24) is 4.98 Å². The smallest absolute Gasteiger partial charge is 0.129 e. The summed E-state index contributed by atoms with van der Waals surface area (Å²) in [6.45, 7) is 5.97. The van der Waals surface area contributed by atoms with Crippen LogP contribution in [0.15, 0.2) is 12.1 Å². The molecule has 1 saturated heterocycles. The van der Waals surface area contributed by atoms with Crippen molar-refractivity contribution in [2.75, 3.05) is 23.0 Å². The molecule has 0 radical (unpaired) electrons. The molecule has 1 atom stereocenters. The highest BCUT2D eigenvalue weighted by atomic mass is 32.2. The summed E-state index contributed by atoms with van der Waals surface area (Å²) in [5.74, 6) is 3.49. The molecule has 2 N–H and O–H groups in total. The maximum atomic E-state index is 5.65. The van der Waals surface area contributed by atoms with Gasteiger partial charge in [-0.3, -0.25) is 0 Å². The SMILES string of the molecule is Cc1nc(N2CCSCC2C)ccc1CN. The fourth-order valence-electron chi connectivity index (χ4n) is 2.02. The van der Waals surface area contributed by atoms with Crippen LogP contribution in [-0.2, 0) is 6.54 Å². The van der Waals surface area contributed by atoms with Crippen molar-refractivity contribution in [3.05, 3.63) is 23.4 Å². The minimum Gasteiger partial charge on any atom is -0.352 e. The van der Waals surface area contributed by atoms with Crippen LogP contribution < -0.4 is 10.6 Å². The lowest BCUT2D eigenvalue weighted by Gasteiger charge is -2.34. The Balaban J connectivity index is 2.22. The van der Waals surface area contributed by atoms with Crippen molar-refractivity contribution in [1.29, 1.82) is 0 Å². The van der Waals surface area contributed by atoms with Crippen molar-refractivity contribution in [2.24, 2.45) is 5.73 Å². The van der Waals surface area contributed by atoms with E-state index in [4.69, 9.17) is 5.73 Å². The largest absolute Gasteiger partial charge is 0.352 e. The molecular formula is C12H19N3S. The van der Waals surface area contributed by atoms with Gasteiger partial charge in [-0.25, -0.2) is 4.98 Å². The average Bonchev–Trinajstić information content (AvgIpc) is 2.29. The molecule has 1 aliphatic rings. The number of hydrogen-bond donors (Lipinski definition) is 1. The first-order valence-electron chi connectivity index (χ1n) is 5.73. The van der Waals surface area contributed by atoms with Crippen LogP contribution in [0, 0.1) is 6.92 Å². The zero-order valence-corrected chi connectivity index (χ0v) is 10.8. The summed E-state index contributed by atoms with van der Waals surface area (Å²) in [6.07, 6.45) is 0. The topological polar surface area (TPSA) is 42.2 Å². The van der Waals surface area contributed by atoms with E-state index in [1.54, 1.807) is 0 Å². The molecule has 3 nitrogen and oxygen atoms in total. The molecule has 0 spiro atoms. The summed E-state index contributed by atoms with van der Waals surface area (Å²) >= 11 is 2.02. The molecule has 1 aliphatic heterocycles. The first-order chi connectivity index (χ1) is 7.72. The molecule has 0 bridgehead atoms. The fraction of sp³-hybridized carbons (Fsp3) is 0.583. The third-order valence-corrected chi connectivity index (χ3v) is 4.25. The summed E-state index contributed by atoms with van der Waals surface area (Å²) in [5.41, 5.74) is 7.85. The Labute approximate surface area is 101 Å². The van der Waals surface area contributed by atoms with Gasteiger partial charge in [-0.15, -0.1) is 0 Å². The van der Waals surface area contributed by atoms with E-state index in [1.807, 2.05) is 18.7 Å². The lowest BCUT2D eigenvalue weighted by molar-refractivity contribution is 0.688. The number of nitrogens with zero attached hydrogens (tertiary/aromatic N) is 2. The summed E-state index contributed by atoms with van der Waals surface area (Å²) in [5, 5.41) is 0. The van der Waals surface area contributed by atoms with Gasteiger partial charge in [-0.05, 0) is 25.5 Å². The van der Waals surface area contributed by atoms with Gasteiger partial charge in [0.05, 0.1) is 0 Å². The summed E-state index contributed by atoms with van der Waals surface area (Å²) in [6, 6.07) is 4.78. The molecule has 1 fully saturated rings. The Morgan fingerprint density at radius 2 is 2.38 bits per heavy atom. The first-order valence-corrected chi connectivity index (χ1v) is 6.89. The number of aromatic nitrogens is 1. The van der Waals surface area contributed by atoms with E-state index >= 15 is 0 Å². The summed E-state index contributed by atoms with van der Waals surface area (Å²) < 4.78 is 0. The fourth-order valence-corrected chi connectivity index (χ4v) is 3.03. The molecular weight excluding hydrogens is 218 g/mol. The van der Waals surface area contributed by atoms with E-state index < -0.39 is 0 Å². The minimum absolute atomic E-state index is 0.574. The monoisotopic (exact) mass is 237 g/mol. The number of thioether (sulfide) groups is 1. The Morgan fingerprint density at radius 1 is 1.56 bits per heavy atom. The Bertz CT molecular complexity index is 367. The number of nitrogens with two attached hydrogens (primary N) is 1. The second-order valence-electron chi connectivity index (χ2n) is 4.24. The van der Waals surface area contributed by atoms with Crippen molar-refractivity contribution < 1.29 is 0 Å². The van der Waals surface area contributed by atoms with Crippen LogP contribution >= 0.6 is 11.8 Å². The number of rotatable bonds is 2. The molecule has 1 aromatic heterocycles. The highest BCUT2D eigenvalue weighted by Crippen LogP contribution is 2.23. The van der Waals surface area contributed by atoms with E-state index in [-0.39, 0.29) is 0 Å². The molecule has 0 amide bonds. The Morgan fingerprint density at radius 3 is 3.00 bits per heavy atom. The lowest BCUT2D eigenvalue weighted by atomic mass is 10.2. The van der Waals surface area contributed by atoms with Gasteiger partial charge < -0.3 is 10.6 Å². The Kier molecular flexibility index (Phi) is 3.71.